The Hall–Kier alpha value is -1.96. The minimum absolute atomic E-state index is 0.0877. The molecule has 1 N–H and O–H groups in total. The molecule has 122 valence electrons. The zero-order chi connectivity index (χ0) is 17.3. The zero-order valence-corrected chi connectivity index (χ0v) is 14.9. The summed E-state index contributed by atoms with van der Waals surface area (Å²) in [7, 11) is 0. The highest BCUT2D eigenvalue weighted by Gasteiger charge is 2.19. The molecule has 0 saturated heterocycles. The minimum atomic E-state index is -0.567. The van der Waals surface area contributed by atoms with E-state index in [1.165, 1.54) is 35.1 Å². The van der Waals surface area contributed by atoms with Gasteiger partial charge in [-0.2, -0.15) is 5.10 Å². The van der Waals surface area contributed by atoms with Gasteiger partial charge < -0.3 is 5.32 Å². The average Bonchev–Trinajstić information content (AvgIpc) is 2.93. The second-order valence-electron chi connectivity index (χ2n) is 4.66. The summed E-state index contributed by atoms with van der Waals surface area (Å²) in [6, 6.07) is 8.72. The molecule has 0 aliphatic carbocycles. The van der Waals surface area contributed by atoms with Crippen molar-refractivity contribution in [3.8, 4) is 5.82 Å². The number of pyridine rings is 1. The van der Waals surface area contributed by atoms with Gasteiger partial charge >= 0.3 is 0 Å². The van der Waals surface area contributed by atoms with E-state index in [-0.39, 0.29) is 10.7 Å². The summed E-state index contributed by atoms with van der Waals surface area (Å²) in [6.45, 7) is 0. The molecule has 9 heteroatoms. The Balaban J connectivity index is 1.96. The quantitative estimate of drug-likeness (QED) is 0.654. The molecular weight excluding hydrogens is 422 g/mol. The molecule has 0 unspecified atom stereocenters. The maximum atomic E-state index is 13.2. The van der Waals surface area contributed by atoms with Crippen LogP contribution >= 0.6 is 39.1 Å². The van der Waals surface area contributed by atoms with Gasteiger partial charge in [-0.1, -0.05) is 23.2 Å². The average molecular weight is 430 g/mol. The standard InChI is InChI=1S/C15H8BrCl2FN4O/c16-13-7-12(23(22-13)14-9(17)2-1-5-20-14)15(24)21-8-3-4-11(19)10(18)6-8/h1-7H,(H,21,24). The number of amides is 1. The summed E-state index contributed by atoms with van der Waals surface area (Å²) in [6.07, 6.45) is 1.54. The van der Waals surface area contributed by atoms with Crippen LogP contribution in [0.25, 0.3) is 5.82 Å². The Kier molecular flexibility index (Phi) is 4.84. The summed E-state index contributed by atoms with van der Waals surface area (Å²) in [4.78, 5) is 16.7. The minimum Gasteiger partial charge on any atom is -0.321 e. The molecule has 5 nitrogen and oxygen atoms in total. The first kappa shape index (κ1) is 16.9. The first-order chi connectivity index (χ1) is 11.5. The van der Waals surface area contributed by atoms with Gasteiger partial charge in [0.05, 0.1) is 10.0 Å². The second-order valence-corrected chi connectivity index (χ2v) is 6.28. The Labute approximate surface area is 154 Å². The van der Waals surface area contributed by atoms with E-state index in [0.29, 0.717) is 21.1 Å². The number of carbonyl (C=O) groups excluding carboxylic acids is 1. The number of halogens is 4. The van der Waals surface area contributed by atoms with Crippen LogP contribution < -0.4 is 5.32 Å². The lowest BCUT2D eigenvalue weighted by Crippen LogP contribution is -2.17. The molecule has 0 aliphatic rings. The number of anilines is 1. The molecule has 3 aromatic rings. The second kappa shape index (κ2) is 6.88. The number of nitrogens with one attached hydrogen (secondary N) is 1. The smallest absolute Gasteiger partial charge is 0.274 e. The first-order valence-electron chi connectivity index (χ1n) is 6.58. The van der Waals surface area contributed by atoms with Crippen LogP contribution in [0.3, 0.4) is 0 Å². The van der Waals surface area contributed by atoms with Crippen LogP contribution in [-0.4, -0.2) is 20.7 Å². The van der Waals surface area contributed by atoms with Crippen LogP contribution in [0.1, 0.15) is 10.5 Å². The Bertz CT molecular complexity index is 932. The predicted octanol–water partition coefficient (Wildman–Crippen LogP) is 4.73. The first-order valence-corrected chi connectivity index (χ1v) is 8.13. The summed E-state index contributed by atoms with van der Waals surface area (Å²) >= 11 is 15.1. The number of benzene rings is 1. The third-order valence-electron chi connectivity index (χ3n) is 3.03. The Morgan fingerprint density at radius 2 is 2.00 bits per heavy atom. The van der Waals surface area contributed by atoms with Gasteiger partial charge in [0.1, 0.15) is 16.1 Å². The fraction of sp³-hybridized carbons (Fsp3) is 0. The molecular formula is C15H8BrCl2FN4O. The summed E-state index contributed by atoms with van der Waals surface area (Å²) < 4.78 is 15.0. The topological polar surface area (TPSA) is 59.8 Å². The summed E-state index contributed by atoms with van der Waals surface area (Å²) in [5, 5.41) is 7.05. The van der Waals surface area contributed by atoms with Crippen molar-refractivity contribution in [3.63, 3.8) is 0 Å². The maximum absolute atomic E-state index is 13.2. The lowest BCUT2D eigenvalue weighted by Gasteiger charge is -2.09. The molecule has 1 amide bonds. The van der Waals surface area contributed by atoms with E-state index < -0.39 is 11.7 Å². The van der Waals surface area contributed by atoms with Gasteiger partial charge in [-0.15, -0.1) is 0 Å². The molecule has 0 aliphatic heterocycles. The lowest BCUT2D eigenvalue weighted by atomic mass is 10.3. The van der Waals surface area contributed by atoms with Gasteiger partial charge in [0.15, 0.2) is 5.82 Å². The van der Waals surface area contributed by atoms with Gasteiger partial charge in [-0.05, 0) is 46.3 Å². The maximum Gasteiger partial charge on any atom is 0.274 e. The number of hydrogen-bond acceptors (Lipinski definition) is 3. The predicted molar refractivity (Wildman–Crippen MR) is 93.4 cm³/mol. The van der Waals surface area contributed by atoms with Crippen molar-refractivity contribution in [1.29, 1.82) is 0 Å². The number of hydrogen-bond donors (Lipinski definition) is 1. The van der Waals surface area contributed by atoms with Gasteiger partial charge in [0, 0.05) is 18.0 Å². The van der Waals surface area contributed by atoms with Crippen LogP contribution in [0.15, 0.2) is 47.2 Å². The van der Waals surface area contributed by atoms with Crippen LogP contribution in [-0.2, 0) is 0 Å². The normalized spacial score (nSPS) is 10.7. The molecule has 0 bridgehead atoms. The van der Waals surface area contributed by atoms with Crippen molar-refractivity contribution in [3.05, 3.63) is 68.8 Å². The van der Waals surface area contributed by atoms with Gasteiger partial charge in [-0.3, -0.25) is 4.79 Å². The van der Waals surface area contributed by atoms with Crippen molar-refractivity contribution < 1.29 is 9.18 Å². The Morgan fingerprint density at radius 1 is 1.21 bits per heavy atom. The molecule has 24 heavy (non-hydrogen) atoms. The van der Waals surface area contributed by atoms with Crippen LogP contribution in [0, 0.1) is 5.82 Å². The SMILES string of the molecule is O=C(Nc1ccc(F)c(Cl)c1)c1cc(Br)nn1-c1ncccc1Cl. The monoisotopic (exact) mass is 428 g/mol. The number of carbonyl (C=O) groups is 1. The summed E-state index contributed by atoms with van der Waals surface area (Å²) in [5.41, 5.74) is 0.547. The molecule has 2 heterocycles. The van der Waals surface area contributed by atoms with Crippen molar-refractivity contribution in [2.45, 2.75) is 0 Å². The van der Waals surface area contributed by atoms with Gasteiger partial charge in [-0.25, -0.2) is 14.1 Å². The van der Waals surface area contributed by atoms with Gasteiger partial charge in [0.25, 0.3) is 5.91 Å². The van der Waals surface area contributed by atoms with Crippen LogP contribution in [0.4, 0.5) is 10.1 Å². The van der Waals surface area contributed by atoms with E-state index >= 15 is 0 Å². The van der Waals surface area contributed by atoms with E-state index in [2.05, 4.69) is 31.3 Å². The van der Waals surface area contributed by atoms with Crippen molar-refractivity contribution in [1.82, 2.24) is 14.8 Å². The highest BCUT2D eigenvalue weighted by Crippen LogP contribution is 2.23. The zero-order valence-electron chi connectivity index (χ0n) is 11.8. The molecule has 2 aromatic heterocycles. The van der Waals surface area contributed by atoms with Crippen LogP contribution in [0.2, 0.25) is 10.0 Å². The lowest BCUT2D eigenvalue weighted by molar-refractivity contribution is 0.101. The molecule has 0 saturated carbocycles. The summed E-state index contributed by atoms with van der Waals surface area (Å²) in [5.74, 6) is -0.729. The Morgan fingerprint density at radius 3 is 2.71 bits per heavy atom. The molecule has 3 rings (SSSR count). The highest BCUT2D eigenvalue weighted by molar-refractivity contribution is 9.10. The van der Waals surface area contributed by atoms with Gasteiger partial charge in [0.2, 0.25) is 0 Å². The third-order valence-corrected chi connectivity index (χ3v) is 4.00. The van der Waals surface area contributed by atoms with E-state index in [1.54, 1.807) is 12.1 Å². The number of nitrogens with zero attached hydrogens (tertiary/aromatic N) is 3. The molecule has 0 radical (unpaired) electrons. The van der Waals surface area contributed by atoms with E-state index in [1.807, 2.05) is 0 Å². The van der Waals surface area contributed by atoms with E-state index in [0.717, 1.165) is 0 Å². The fourth-order valence-electron chi connectivity index (χ4n) is 1.98. The molecule has 0 fully saturated rings. The van der Waals surface area contributed by atoms with Crippen molar-refractivity contribution in [2.75, 3.05) is 5.32 Å². The molecule has 1 aromatic carbocycles. The largest absolute Gasteiger partial charge is 0.321 e. The van der Waals surface area contributed by atoms with Crippen LogP contribution in [0.5, 0.6) is 0 Å². The molecule has 0 atom stereocenters. The van der Waals surface area contributed by atoms with E-state index in [4.69, 9.17) is 23.2 Å². The van der Waals surface area contributed by atoms with E-state index in [9.17, 15) is 9.18 Å². The number of aromatic nitrogens is 3. The third kappa shape index (κ3) is 3.43. The highest BCUT2D eigenvalue weighted by atomic mass is 79.9. The van der Waals surface area contributed by atoms with Crippen molar-refractivity contribution >= 4 is 50.7 Å². The fourth-order valence-corrected chi connectivity index (χ4v) is 2.74. The molecule has 0 spiro atoms. The number of rotatable bonds is 3. The van der Waals surface area contributed by atoms with Crippen molar-refractivity contribution in [2.24, 2.45) is 0 Å².